The molecule has 0 saturated carbocycles. The Hall–Kier alpha value is -1.79. The van der Waals surface area contributed by atoms with E-state index in [2.05, 4.69) is 15.1 Å². The van der Waals surface area contributed by atoms with Crippen LogP contribution in [0.15, 0.2) is 22.9 Å². The van der Waals surface area contributed by atoms with E-state index in [1.807, 2.05) is 6.07 Å². The third-order valence-corrected chi connectivity index (χ3v) is 2.01. The first-order valence-corrected chi connectivity index (χ1v) is 4.80. The molecule has 0 saturated heterocycles. The van der Waals surface area contributed by atoms with Crippen molar-refractivity contribution in [3.05, 3.63) is 29.8 Å². The topological polar surface area (TPSA) is 87.1 Å². The van der Waals surface area contributed by atoms with Gasteiger partial charge in [-0.05, 0) is 12.1 Å². The molecule has 2 N–H and O–H groups in total. The Morgan fingerprint density at radius 2 is 2.38 bits per heavy atom. The number of methoxy groups -OCH3 is 1. The highest BCUT2D eigenvalue weighted by Gasteiger charge is 2.08. The van der Waals surface area contributed by atoms with E-state index in [0.29, 0.717) is 24.9 Å². The first-order valence-electron chi connectivity index (χ1n) is 4.80. The lowest BCUT2D eigenvalue weighted by Gasteiger charge is -1.97. The lowest BCUT2D eigenvalue weighted by Crippen LogP contribution is -1.99. The fraction of sp³-hybridized carbons (Fsp3) is 0.300. The van der Waals surface area contributed by atoms with Gasteiger partial charge in [0.25, 0.3) is 5.89 Å². The summed E-state index contributed by atoms with van der Waals surface area (Å²) in [7, 11) is 1.58. The molecule has 2 heterocycles. The molecule has 0 aliphatic rings. The highest BCUT2D eigenvalue weighted by atomic mass is 16.5. The maximum atomic E-state index is 5.50. The van der Waals surface area contributed by atoms with Crippen LogP contribution in [-0.2, 0) is 17.9 Å². The van der Waals surface area contributed by atoms with Crippen molar-refractivity contribution in [3.8, 4) is 11.5 Å². The lowest BCUT2D eigenvalue weighted by atomic mass is 10.2. The van der Waals surface area contributed by atoms with E-state index in [9.17, 15) is 0 Å². The molecule has 0 fully saturated rings. The molecule has 0 aliphatic carbocycles. The molecule has 0 atom stereocenters. The van der Waals surface area contributed by atoms with Crippen LogP contribution < -0.4 is 5.73 Å². The van der Waals surface area contributed by atoms with Crippen molar-refractivity contribution in [3.63, 3.8) is 0 Å². The number of hydrogen-bond donors (Lipinski definition) is 1. The van der Waals surface area contributed by atoms with Gasteiger partial charge in [0.15, 0.2) is 5.82 Å². The average molecular weight is 220 g/mol. The molecule has 84 valence electrons. The number of nitrogens with two attached hydrogens (primary N) is 1. The standard InChI is InChI=1S/C10H12N4O2/c1-15-6-9-13-10(16-14-9)7-2-3-12-8(4-7)5-11/h2-4H,5-6,11H2,1H3. The van der Waals surface area contributed by atoms with Crippen LogP contribution in [0.2, 0.25) is 0 Å². The van der Waals surface area contributed by atoms with Crippen LogP contribution in [0.1, 0.15) is 11.5 Å². The Kier molecular flexibility index (Phi) is 3.23. The van der Waals surface area contributed by atoms with E-state index in [4.69, 9.17) is 15.0 Å². The Morgan fingerprint density at radius 3 is 3.12 bits per heavy atom. The Bertz CT molecular complexity index is 469. The molecular formula is C10H12N4O2. The highest BCUT2D eigenvalue weighted by Crippen LogP contribution is 2.17. The number of aromatic nitrogens is 3. The monoisotopic (exact) mass is 220 g/mol. The summed E-state index contributed by atoms with van der Waals surface area (Å²) in [4.78, 5) is 8.26. The van der Waals surface area contributed by atoms with Crippen LogP contribution in [0, 0.1) is 0 Å². The summed E-state index contributed by atoms with van der Waals surface area (Å²) in [5.74, 6) is 0.966. The second kappa shape index (κ2) is 4.82. The molecule has 2 rings (SSSR count). The average Bonchev–Trinajstić information content (AvgIpc) is 2.78. The van der Waals surface area contributed by atoms with Gasteiger partial charge in [-0.25, -0.2) is 0 Å². The first kappa shape index (κ1) is 10.7. The highest BCUT2D eigenvalue weighted by molar-refractivity contribution is 5.52. The number of nitrogens with zero attached hydrogens (tertiary/aromatic N) is 3. The van der Waals surface area contributed by atoms with Gasteiger partial charge < -0.3 is 15.0 Å². The second-order valence-electron chi connectivity index (χ2n) is 3.19. The Balaban J connectivity index is 2.27. The van der Waals surface area contributed by atoms with Gasteiger partial charge in [0.1, 0.15) is 6.61 Å². The van der Waals surface area contributed by atoms with Gasteiger partial charge in [0.2, 0.25) is 0 Å². The predicted octanol–water partition coefficient (Wildman–Crippen LogP) is 0.737. The van der Waals surface area contributed by atoms with Gasteiger partial charge in [0, 0.05) is 25.4 Å². The van der Waals surface area contributed by atoms with E-state index in [1.165, 1.54) is 0 Å². The third kappa shape index (κ3) is 2.23. The maximum absolute atomic E-state index is 5.50. The molecule has 0 unspecified atom stereocenters. The van der Waals surface area contributed by atoms with Gasteiger partial charge in [-0.3, -0.25) is 4.98 Å². The molecule has 0 radical (unpaired) electrons. The predicted molar refractivity (Wildman–Crippen MR) is 56.1 cm³/mol. The van der Waals surface area contributed by atoms with E-state index in [1.54, 1.807) is 19.4 Å². The molecule has 6 heteroatoms. The molecule has 0 bridgehead atoms. The number of rotatable bonds is 4. The molecule has 2 aromatic rings. The molecule has 2 aromatic heterocycles. The van der Waals surface area contributed by atoms with Crippen LogP contribution in [0.3, 0.4) is 0 Å². The van der Waals surface area contributed by atoms with Crippen molar-refractivity contribution >= 4 is 0 Å². The normalized spacial score (nSPS) is 10.6. The minimum absolute atomic E-state index is 0.332. The summed E-state index contributed by atoms with van der Waals surface area (Å²) in [5.41, 5.74) is 7.09. The van der Waals surface area contributed by atoms with E-state index < -0.39 is 0 Å². The van der Waals surface area contributed by atoms with Gasteiger partial charge >= 0.3 is 0 Å². The SMILES string of the molecule is COCc1noc(-c2ccnc(CN)c2)n1. The molecule has 0 aromatic carbocycles. The lowest BCUT2D eigenvalue weighted by molar-refractivity contribution is 0.174. The molecular weight excluding hydrogens is 208 g/mol. The van der Waals surface area contributed by atoms with Crippen molar-refractivity contribution in [2.45, 2.75) is 13.2 Å². The van der Waals surface area contributed by atoms with Gasteiger partial charge in [0.05, 0.1) is 5.69 Å². The summed E-state index contributed by atoms with van der Waals surface area (Å²) >= 11 is 0. The van der Waals surface area contributed by atoms with Crippen LogP contribution in [-0.4, -0.2) is 22.2 Å². The number of hydrogen-bond acceptors (Lipinski definition) is 6. The third-order valence-electron chi connectivity index (χ3n) is 2.01. The zero-order valence-electron chi connectivity index (χ0n) is 8.88. The van der Waals surface area contributed by atoms with Crippen molar-refractivity contribution < 1.29 is 9.26 Å². The molecule has 6 nitrogen and oxygen atoms in total. The first-order chi connectivity index (χ1) is 7.83. The quantitative estimate of drug-likeness (QED) is 0.817. The fourth-order valence-electron chi connectivity index (χ4n) is 1.28. The Labute approximate surface area is 92.4 Å². The fourth-order valence-corrected chi connectivity index (χ4v) is 1.28. The van der Waals surface area contributed by atoms with E-state index >= 15 is 0 Å². The van der Waals surface area contributed by atoms with E-state index in [0.717, 1.165) is 11.3 Å². The van der Waals surface area contributed by atoms with Crippen molar-refractivity contribution in [2.75, 3.05) is 7.11 Å². The molecule has 0 amide bonds. The number of ether oxygens (including phenoxy) is 1. The summed E-state index contributed by atoms with van der Waals surface area (Å²) in [6.07, 6.45) is 1.66. The Morgan fingerprint density at radius 1 is 1.50 bits per heavy atom. The summed E-state index contributed by atoms with van der Waals surface area (Å²) in [5, 5.41) is 3.78. The largest absolute Gasteiger partial charge is 0.377 e. The maximum Gasteiger partial charge on any atom is 0.258 e. The minimum Gasteiger partial charge on any atom is -0.377 e. The number of pyridine rings is 1. The van der Waals surface area contributed by atoms with E-state index in [-0.39, 0.29) is 0 Å². The van der Waals surface area contributed by atoms with Crippen molar-refractivity contribution in [1.82, 2.24) is 15.1 Å². The van der Waals surface area contributed by atoms with Crippen molar-refractivity contribution in [2.24, 2.45) is 5.73 Å². The van der Waals surface area contributed by atoms with Gasteiger partial charge in [-0.15, -0.1) is 0 Å². The summed E-state index contributed by atoms with van der Waals surface area (Å²) in [6.45, 7) is 0.714. The zero-order valence-corrected chi connectivity index (χ0v) is 8.88. The molecule has 0 spiro atoms. The van der Waals surface area contributed by atoms with Crippen LogP contribution in [0.4, 0.5) is 0 Å². The smallest absolute Gasteiger partial charge is 0.258 e. The van der Waals surface area contributed by atoms with Crippen LogP contribution in [0.5, 0.6) is 0 Å². The zero-order chi connectivity index (χ0) is 11.4. The van der Waals surface area contributed by atoms with Gasteiger partial charge in [-0.1, -0.05) is 5.16 Å². The summed E-state index contributed by atoms with van der Waals surface area (Å²) in [6, 6.07) is 3.62. The van der Waals surface area contributed by atoms with Crippen LogP contribution >= 0.6 is 0 Å². The molecule has 16 heavy (non-hydrogen) atoms. The van der Waals surface area contributed by atoms with Crippen molar-refractivity contribution in [1.29, 1.82) is 0 Å². The second-order valence-corrected chi connectivity index (χ2v) is 3.19. The molecule has 0 aliphatic heterocycles. The van der Waals surface area contributed by atoms with Gasteiger partial charge in [-0.2, -0.15) is 4.98 Å². The summed E-state index contributed by atoms with van der Waals surface area (Å²) < 4.78 is 10.00. The minimum atomic E-state index is 0.332. The van der Waals surface area contributed by atoms with Crippen LogP contribution in [0.25, 0.3) is 11.5 Å².